The smallest absolute Gasteiger partial charge is 0.203 e. The van der Waals surface area contributed by atoms with Crippen LogP contribution in [0.15, 0.2) is 24.3 Å². The predicted molar refractivity (Wildman–Crippen MR) is 129 cm³/mol. The van der Waals surface area contributed by atoms with E-state index < -0.39 is 0 Å². The van der Waals surface area contributed by atoms with Crippen LogP contribution in [0.5, 0.6) is 34.5 Å². The van der Waals surface area contributed by atoms with E-state index in [-0.39, 0.29) is 0 Å². The van der Waals surface area contributed by atoms with E-state index in [0.717, 1.165) is 43.5 Å². The van der Waals surface area contributed by atoms with Gasteiger partial charge in [-0.15, -0.1) is 0 Å². The quantitative estimate of drug-likeness (QED) is 0.365. The third kappa shape index (κ3) is 7.07. The molecular weight excluding hydrogens is 424 g/mol. The van der Waals surface area contributed by atoms with Crippen molar-refractivity contribution in [2.45, 2.75) is 32.4 Å². The number of hydrogen-bond acceptors (Lipinski definition) is 8. The fourth-order valence-corrected chi connectivity index (χ4v) is 3.73. The van der Waals surface area contributed by atoms with Gasteiger partial charge in [0.15, 0.2) is 23.0 Å². The van der Waals surface area contributed by atoms with Crippen molar-refractivity contribution in [2.24, 2.45) is 0 Å². The zero-order valence-electron chi connectivity index (χ0n) is 20.7. The number of unbranched alkanes of at least 4 members (excludes halogenated alkanes) is 2. The Morgan fingerprint density at radius 1 is 0.485 bits per heavy atom. The van der Waals surface area contributed by atoms with Crippen LogP contribution in [0.2, 0.25) is 0 Å². The van der Waals surface area contributed by atoms with Gasteiger partial charge in [-0.1, -0.05) is 18.6 Å². The van der Waals surface area contributed by atoms with Gasteiger partial charge in [0, 0.05) is 24.2 Å². The maximum atomic E-state index is 5.54. The largest absolute Gasteiger partial charge is 0.493 e. The number of nitrogens with one attached hydrogen (secondary N) is 2. The Bertz CT molecular complexity index is 790. The Kier molecular flexibility index (Phi) is 11.5. The molecule has 2 aromatic rings. The average Bonchev–Trinajstić information content (AvgIpc) is 2.86. The molecule has 0 radical (unpaired) electrons. The normalized spacial score (nSPS) is 10.6. The standard InChI is InChI=1S/C25H38N2O6/c1-28-20-12-10-18(22(30-3)24(20)32-5)16-26-14-8-7-9-15-27-17-19-11-13-21(29-2)25(33-6)23(19)31-4/h10-13,26-27H,7-9,14-17H2,1-6H3. The third-order valence-electron chi connectivity index (χ3n) is 5.41. The second-order valence-electron chi connectivity index (χ2n) is 7.40. The van der Waals surface area contributed by atoms with Crippen molar-refractivity contribution in [3.8, 4) is 34.5 Å². The molecule has 33 heavy (non-hydrogen) atoms. The molecule has 2 N–H and O–H groups in total. The zero-order valence-corrected chi connectivity index (χ0v) is 20.7. The van der Waals surface area contributed by atoms with Crippen LogP contribution in [-0.2, 0) is 13.1 Å². The van der Waals surface area contributed by atoms with Gasteiger partial charge in [0.05, 0.1) is 42.7 Å². The first kappa shape index (κ1) is 26.4. The van der Waals surface area contributed by atoms with Crippen LogP contribution < -0.4 is 39.1 Å². The minimum Gasteiger partial charge on any atom is -0.493 e. The lowest BCUT2D eigenvalue weighted by molar-refractivity contribution is 0.321. The molecule has 0 aliphatic carbocycles. The van der Waals surface area contributed by atoms with Crippen LogP contribution >= 0.6 is 0 Å². The second-order valence-corrected chi connectivity index (χ2v) is 7.40. The zero-order chi connectivity index (χ0) is 24.1. The van der Waals surface area contributed by atoms with Gasteiger partial charge in [0.2, 0.25) is 11.5 Å². The molecule has 0 bridgehead atoms. The molecule has 0 amide bonds. The average molecular weight is 463 g/mol. The van der Waals surface area contributed by atoms with Crippen LogP contribution in [0.1, 0.15) is 30.4 Å². The Labute approximate surface area is 197 Å². The topological polar surface area (TPSA) is 79.4 Å². The first-order valence-corrected chi connectivity index (χ1v) is 11.1. The van der Waals surface area contributed by atoms with Gasteiger partial charge in [-0.3, -0.25) is 0 Å². The summed E-state index contributed by atoms with van der Waals surface area (Å²) in [5.74, 6) is 3.99. The van der Waals surface area contributed by atoms with Gasteiger partial charge in [0.1, 0.15) is 0 Å². The maximum Gasteiger partial charge on any atom is 0.203 e. The monoisotopic (exact) mass is 462 g/mol. The lowest BCUT2D eigenvalue weighted by Crippen LogP contribution is -2.17. The molecule has 0 spiro atoms. The van der Waals surface area contributed by atoms with Crippen molar-refractivity contribution in [1.82, 2.24) is 10.6 Å². The van der Waals surface area contributed by atoms with Gasteiger partial charge < -0.3 is 39.1 Å². The summed E-state index contributed by atoms with van der Waals surface area (Å²) in [6.45, 7) is 3.28. The van der Waals surface area contributed by atoms with Crippen molar-refractivity contribution >= 4 is 0 Å². The Hall–Kier alpha value is -2.84. The van der Waals surface area contributed by atoms with Gasteiger partial charge in [-0.2, -0.15) is 0 Å². The van der Waals surface area contributed by atoms with E-state index in [0.29, 0.717) is 47.6 Å². The molecule has 8 heteroatoms. The molecule has 0 heterocycles. The molecule has 2 aromatic carbocycles. The molecule has 0 unspecified atom stereocenters. The number of hydrogen-bond donors (Lipinski definition) is 2. The molecule has 8 nitrogen and oxygen atoms in total. The van der Waals surface area contributed by atoms with Crippen molar-refractivity contribution < 1.29 is 28.4 Å². The second kappa shape index (κ2) is 14.3. The van der Waals surface area contributed by atoms with Crippen LogP contribution in [0.3, 0.4) is 0 Å². The molecular formula is C25H38N2O6. The summed E-state index contributed by atoms with van der Waals surface area (Å²) in [6, 6.07) is 7.80. The van der Waals surface area contributed by atoms with E-state index in [9.17, 15) is 0 Å². The molecule has 0 saturated heterocycles. The fourth-order valence-electron chi connectivity index (χ4n) is 3.73. The number of methoxy groups -OCH3 is 6. The lowest BCUT2D eigenvalue weighted by atomic mass is 10.1. The van der Waals surface area contributed by atoms with Crippen molar-refractivity contribution in [3.05, 3.63) is 35.4 Å². The van der Waals surface area contributed by atoms with Crippen molar-refractivity contribution in [1.29, 1.82) is 0 Å². The summed E-state index contributed by atoms with van der Waals surface area (Å²) in [6.07, 6.45) is 3.32. The van der Waals surface area contributed by atoms with Crippen LogP contribution in [0.4, 0.5) is 0 Å². The third-order valence-corrected chi connectivity index (χ3v) is 5.41. The van der Waals surface area contributed by atoms with Crippen LogP contribution in [0, 0.1) is 0 Å². The molecule has 0 aromatic heterocycles. The first-order valence-electron chi connectivity index (χ1n) is 11.1. The molecule has 0 atom stereocenters. The van der Waals surface area contributed by atoms with E-state index in [1.54, 1.807) is 42.7 Å². The molecule has 0 saturated carbocycles. The van der Waals surface area contributed by atoms with Crippen molar-refractivity contribution in [3.63, 3.8) is 0 Å². The Balaban J connectivity index is 1.69. The molecule has 0 fully saturated rings. The molecule has 184 valence electrons. The minimum atomic E-state index is 0.622. The highest BCUT2D eigenvalue weighted by Crippen LogP contribution is 2.40. The highest BCUT2D eigenvalue weighted by molar-refractivity contribution is 5.56. The number of benzene rings is 2. The van der Waals surface area contributed by atoms with Gasteiger partial charge in [-0.05, 0) is 38.1 Å². The van der Waals surface area contributed by atoms with Gasteiger partial charge in [-0.25, -0.2) is 0 Å². The van der Waals surface area contributed by atoms with Crippen LogP contribution in [0.25, 0.3) is 0 Å². The molecule has 0 aliphatic rings. The van der Waals surface area contributed by atoms with E-state index >= 15 is 0 Å². The SMILES string of the molecule is COc1ccc(CNCCCCCNCc2ccc(OC)c(OC)c2OC)c(OC)c1OC. The summed E-state index contributed by atoms with van der Waals surface area (Å²) in [5, 5.41) is 6.96. The summed E-state index contributed by atoms with van der Waals surface area (Å²) >= 11 is 0. The van der Waals surface area contributed by atoms with E-state index in [4.69, 9.17) is 28.4 Å². The maximum absolute atomic E-state index is 5.54. The number of ether oxygens (including phenoxy) is 6. The van der Waals surface area contributed by atoms with E-state index in [1.165, 1.54) is 0 Å². The fraction of sp³-hybridized carbons (Fsp3) is 0.520. The summed E-state index contributed by atoms with van der Waals surface area (Å²) in [5.41, 5.74) is 2.08. The summed E-state index contributed by atoms with van der Waals surface area (Å²) < 4.78 is 32.6. The van der Waals surface area contributed by atoms with Crippen LogP contribution in [-0.4, -0.2) is 55.7 Å². The minimum absolute atomic E-state index is 0.622. The van der Waals surface area contributed by atoms with E-state index in [2.05, 4.69) is 10.6 Å². The van der Waals surface area contributed by atoms with Gasteiger partial charge >= 0.3 is 0 Å². The Morgan fingerprint density at radius 3 is 1.21 bits per heavy atom. The number of rotatable bonds is 16. The highest BCUT2D eigenvalue weighted by Gasteiger charge is 2.16. The summed E-state index contributed by atoms with van der Waals surface area (Å²) in [4.78, 5) is 0. The Morgan fingerprint density at radius 2 is 0.879 bits per heavy atom. The highest BCUT2D eigenvalue weighted by atomic mass is 16.5. The summed E-state index contributed by atoms with van der Waals surface area (Å²) in [7, 11) is 9.76. The van der Waals surface area contributed by atoms with E-state index in [1.807, 2.05) is 24.3 Å². The first-order chi connectivity index (χ1) is 16.1. The molecule has 2 rings (SSSR count). The van der Waals surface area contributed by atoms with Gasteiger partial charge in [0.25, 0.3) is 0 Å². The molecule has 0 aliphatic heterocycles. The van der Waals surface area contributed by atoms with Crippen molar-refractivity contribution in [2.75, 3.05) is 55.7 Å². The lowest BCUT2D eigenvalue weighted by Gasteiger charge is -2.16. The predicted octanol–water partition coefficient (Wildman–Crippen LogP) is 3.79.